The molecule has 1 aromatic heterocycles. The number of ether oxygens (including phenoxy) is 1. The minimum atomic E-state index is -4.16. The summed E-state index contributed by atoms with van der Waals surface area (Å²) in [6.07, 6.45) is 0.251. The summed E-state index contributed by atoms with van der Waals surface area (Å²) in [6, 6.07) is 7.82. The Kier molecular flexibility index (Phi) is 9.93. The van der Waals surface area contributed by atoms with Gasteiger partial charge in [-0.3, -0.25) is 4.57 Å². The van der Waals surface area contributed by atoms with Crippen molar-refractivity contribution in [3.63, 3.8) is 0 Å². The maximum atomic E-state index is 10.5. The van der Waals surface area contributed by atoms with Crippen molar-refractivity contribution in [2.75, 3.05) is 11.5 Å². The van der Waals surface area contributed by atoms with Crippen molar-refractivity contribution in [1.82, 2.24) is 4.57 Å². The van der Waals surface area contributed by atoms with Crippen molar-refractivity contribution in [1.29, 1.82) is 0 Å². The molecule has 23 heavy (non-hydrogen) atoms. The molecular weight excluding hydrogens is 422 g/mol. The second-order valence-corrected chi connectivity index (χ2v) is 9.15. The third-order valence-corrected chi connectivity index (χ3v) is 6.18. The first-order chi connectivity index (χ1) is 10.4. The average Bonchev–Trinajstić information content (AvgIpc) is 2.76. The maximum absolute atomic E-state index is 10.5. The number of nitrogens with zero attached hydrogens (tertiary/aromatic N) is 1. The summed E-state index contributed by atoms with van der Waals surface area (Å²) in [5.41, 5.74) is 0.989. The molecule has 120 valence electrons. The number of benzene rings is 1. The Bertz CT molecular complexity index is 829. The minimum Gasteiger partial charge on any atom is -0.748 e. The summed E-state index contributed by atoms with van der Waals surface area (Å²) in [5.74, 6) is 0.0406. The molecule has 1 aromatic carbocycles. The first-order valence-corrected chi connectivity index (χ1v) is 10.4. The van der Waals surface area contributed by atoms with Gasteiger partial charge in [0.25, 0.3) is 0 Å². The molecule has 0 saturated carbocycles. The van der Waals surface area contributed by atoms with E-state index >= 15 is 0 Å². The molecular formula is C12H12KNO4S5. The van der Waals surface area contributed by atoms with Crippen molar-refractivity contribution < 1.29 is 69.1 Å². The standard InChI is InChI=1S/C12H13NO4S5.K/c14-22(15,16)7-3-6-20-12(19)17-8-13-9-4-1-2-5-10(9)21-11(13)18;/h1-2,4-5H,3,6-8H2,(H,14,15,16);/q;+1/p-1. The zero-order chi connectivity index (χ0) is 16.2. The van der Waals surface area contributed by atoms with Crippen LogP contribution in [0.25, 0.3) is 10.2 Å². The van der Waals surface area contributed by atoms with Crippen molar-refractivity contribution in [3.8, 4) is 0 Å². The number of rotatable bonds is 6. The van der Waals surface area contributed by atoms with E-state index in [1.165, 1.54) is 23.1 Å². The van der Waals surface area contributed by atoms with E-state index in [0.29, 0.717) is 14.1 Å². The minimum absolute atomic E-state index is 0. The van der Waals surface area contributed by atoms with Crippen LogP contribution in [-0.4, -0.2) is 33.4 Å². The second-order valence-electron chi connectivity index (χ2n) is 4.25. The van der Waals surface area contributed by atoms with Crippen LogP contribution >= 0.6 is 47.5 Å². The van der Waals surface area contributed by atoms with E-state index in [9.17, 15) is 13.0 Å². The predicted molar refractivity (Wildman–Crippen MR) is 96.0 cm³/mol. The van der Waals surface area contributed by atoms with E-state index in [1.807, 2.05) is 28.8 Å². The average molecular weight is 434 g/mol. The molecule has 1 heterocycles. The van der Waals surface area contributed by atoms with Crippen LogP contribution in [0.3, 0.4) is 0 Å². The van der Waals surface area contributed by atoms with Crippen LogP contribution in [0.5, 0.6) is 0 Å². The molecule has 0 N–H and O–H groups in total. The fourth-order valence-corrected chi connectivity index (χ4v) is 4.56. The number of thiocarbonyl (C=S) groups is 1. The van der Waals surface area contributed by atoms with Crippen molar-refractivity contribution >= 4 is 72.3 Å². The van der Waals surface area contributed by atoms with E-state index < -0.39 is 10.1 Å². The quantitative estimate of drug-likeness (QED) is 0.282. The van der Waals surface area contributed by atoms with Gasteiger partial charge in [-0.1, -0.05) is 23.9 Å². The number of hydrogen-bond acceptors (Lipinski definition) is 8. The van der Waals surface area contributed by atoms with Gasteiger partial charge in [0.15, 0.2) is 10.7 Å². The zero-order valence-electron chi connectivity index (χ0n) is 12.3. The van der Waals surface area contributed by atoms with Crippen LogP contribution in [0.2, 0.25) is 0 Å². The van der Waals surface area contributed by atoms with E-state index in [1.54, 1.807) is 0 Å². The van der Waals surface area contributed by atoms with Crippen LogP contribution in [0.1, 0.15) is 6.42 Å². The number of thioether (sulfide) groups is 1. The topological polar surface area (TPSA) is 71.4 Å². The largest absolute Gasteiger partial charge is 1.00 e. The Balaban J connectivity index is 0.00000264. The van der Waals surface area contributed by atoms with Gasteiger partial charge in [0, 0.05) is 11.5 Å². The van der Waals surface area contributed by atoms with Crippen LogP contribution in [-0.2, 0) is 21.6 Å². The van der Waals surface area contributed by atoms with Gasteiger partial charge in [0.05, 0.1) is 20.3 Å². The number of aromatic nitrogens is 1. The van der Waals surface area contributed by atoms with Crippen LogP contribution in [0.15, 0.2) is 24.3 Å². The molecule has 0 aliphatic carbocycles. The molecule has 0 aliphatic heterocycles. The summed E-state index contributed by atoms with van der Waals surface area (Å²) < 4.78 is 40.8. The van der Waals surface area contributed by atoms with Gasteiger partial charge in [0.2, 0.25) is 4.38 Å². The Labute approximate surface area is 196 Å². The number of thiazole rings is 1. The first kappa shape index (κ1) is 22.2. The molecule has 0 unspecified atom stereocenters. The van der Waals surface area contributed by atoms with Gasteiger partial charge in [-0.25, -0.2) is 8.42 Å². The van der Waals surface area contributed by atoms with Crippen LogP contribution in [0.4, 0.5) is 0 Å². The zero-order valence-corrected chi connectivity index (χ0v) is 19.5. The third kappa shape index (κ3) is 7.48. The molecule has 2 rings (SSSR count). The molecule has 0 aliphatic rings. The summed E-state index contributed by atoms with van der Waals surface area (Å²) in [5, 5.41) is 0. The van der Waals surface area contributed by atoms with Gasteiger partial charge >= 0.3 is 51.4 Å². The van der Waals surface area contributed by atoms with Crippen LogP contribution < -0.4 is 51.4 Å². The SMILES string of the molecule is O=S(=O)([O-])CCCSC(=S)OCn1c(=S)sc2ccccc21.[K+]. The molecule has 0 spiro atoms. The van der Waals surface area contributed by atoms with Gasteiger partial charge in [-0.15, -0.1) is 11.3 Å². The summed E-state index contributed by atoms with van der Waals surface area (Å²) >= 11 is 13.1. The summed E-state index contributed by atoms with van der Waals surface area (Å²) in [7, 11) is -4.16. The van der Waals surface area contributed by atoms with Crippen LogP contribution in [0, 0.1) is 3.95 Å². The number of hydrogen-bond donors (Lipinski definition) is 0. The molecule has 0 radical (unpaired) electrons. The molecule has 11 heteroatoms. The molecule has 0 saturated heterocycles. The fourth-order valence-electron chi connectivity index (χ4n) is 1.69. The predicted octanol–water partition coefficient (Wildman–Crippen LogP) is 0.364. The Morgan fingerprint density at radius 1 is 1.39 bits per heavy atom. The maximum Gasteiger partial charge on any atom is 1.00 e. The molecule has 0 fully saturated rings. The number of para-hydroxylation sites is 1. The van der Waals surface area contributed by atoms with Crippen molar-refractivity contribution in [2.45, 2.75) is 13.2 Å². The monoisotopic (exact) mass is 433 g/mol. The molecule has 2 aromatic rings. The second kappa shape index (κ2) is 10.3. The molecule has 5 nitrogen and oxygen atoms in total. The van der Waals surface area contributed by atoms with E-state index in [-0.39, 0.29) is 70.3 Å². The van der Waals surface area contributed by atoms with Gasteiger partial charge in [-0.2, -0.15) is 0 Å². The summed E-state index contributed by atoms with van der Waals surface area (Å²) in [6.45, 7) is 0.217. The Hall–Kier alpha value is 1.12. The van der Waals surface area contributed by atoms with Gasteiger partial charge in [-0.05, 0) is 43.0 Å². The van der Waals surface area contributed by atoms with E-state index in [2.05, 4.69) is 0 Å². The van der Waals surface area contributed by atoms with Crippen molar-refractivity contribution in [2.24, 2.45) is 0 Å². The molecule has 0 amide bonds. The molecule has 0 atom stereocenters. The fraction of sp³-hybridized carbons (Fsp3) is 0.333. The summed E-state index contributed by atoms with van der Waals surface area (Å²) in [4.78, 5) is 0. The first-order valence-electron chi connectivity index (χ1n) is 6.18. The Morgan fingerprint density at radius 3 is 2.78 bits per heavy atom. The normalized spacial score (nSPS) is 11.2. The van der Waals surface area contributed by atoms with E-state index in [4.69, 9.17) is 29.2 Å². The number of fused-ring (bicyclic) bond motifs is 1. The van der Waals surface area contributed by atoms with Gasteiger partial charge in [0.1, 0.15) is 0 Å². The third-order valence-electron chi connectivity index (χ3n) is 2.64. The smallest absolute Gasteiger partial charge is 0.748 e. The molecule has 0 bridgehead atoms. The van der Waals surface area contributed by atoms with E-state index in [0.717, 1.165) is 10.2 Å². The van der Waals surface area contributed by atoms with Gasteiger partial charge < -0.3 is 9.29 Å². The Morgan fingerprint density at radius 2 is 2.09 bits per heavy atom. The van der Waals surface area contributed by atoms with Crippen molar-refractivity contribution in [3.05, 3.63) is 28.2 Å².